The lowest BCUT2D eigenvalue weighted by Crippen LogP contribution is -1.66. The Bertz CT molecular complexity index is 8.00. The molecule has 0 bridgehead atoms. The minimum absolute atomic E-state index is 0.250. The molecule has 0 aromatic carbocycles. The molecule has 0 heterocycles. The van der Waals surface area contributed by atoms with Crippen LogP contribution in [-0.2, 0) is 0 Å². The second kappa shape index (κ2) is 20.8. The van der Waals surface area contributed by atoms with Gasteiger partial charge in [-0.3, -0.25) is 0 Å². The molecule has 0 aliphatic rings. The van der Waals surface area contributed by atoms with E-state index in [-0.39, 0.29) is 6.61 Å². The van der Waals surface area contributed by atoms with Gasteiger partial charge in [-0.25, -0.2) is 0 Å². The van der Waals surface area contributed by atoms with Crippen LogP contribution < -0.4 is 0 Å². The molecule has 6 heavy (non-hydrogen) atoms. The molecule has 40 valence electrons. The number of aliphatic hydroxyl groups is 3. The fourth-order valence-corrected chi connectivity index (χ4v) is 0. The molecule has 0 unspecified atom stereocenters. The van der Waals surface area contributed by atoms with Crippen molar-refractivity contribution >= 4 is 0 Å². The summed E-state index contributed by atoms with van der Waals surface area (Å²) in [5, 5.41) is 21.8. The van der Waals surface area contributed by atoms with Crippen LogP contribution in [0.1, 0.15) is 6.92 Å². The van der Waals surface area contributed by atoms with Gasteiger partial charge in [-0.1, -0.05) is 0 Å². The molecule has 0 saturated carbocycles. The third-order valence-electron chi connectivity index (χ3n) is 0. The fraction of sp³-hybridized carbons (Fsp3) is 1.00. The van der Waals surface area contributed by atoms with Crippen LogP contribution >= 0.6 is 0 Å². The Morgan fingerprint density at radius 3 is 1.17 bits per heavy atom. The van der Waals surface area contributed by atoms with Gasteiger partial charge in [0.25, 0.3) is 0 Å². The summed E-state index contributed by atoms with van der Waals surface area (Å²) >= 11 is 0. The molecular weight excluding hydrogens is 84.0 g/mol. The highest BCUT2D eigenvalue weighted by Gasteiger charge is 1.34. The fourth-order valence-electron chi connectivity index (χ4n) is 0. The van der Waals surface area contributed by atoms with Gasteiger partial charge in [-0.15, -0.1) is 0 Å². The zero-order valence-electron chi connectivity index (χ0n) is 3.76. The lowest BCUT2D eigenvalue weighted by molar-refractivity contribution is 0.0773. The maximum Gasteiger partial charge on any atom is 0.140 e. The van der Waals surface area contributed by atoms with E-state index in [1.807, 2.05) is 0 Å². The highest BCUT2D eigenvalue weighted by Crippen LogP contribution is 1.30. The molecule has 0 aliphatic heterocycles. The SMILES string of the molecule is CCO.OCO. The Hall–Kier alpha value is -0.120. The van der Waals surface area contributed by atoms with Crippen molar-refractivity contribution in [1.82, 2.24) is 0 Å². The zero-order valence-corrected chi connectivity index (χ0v) is 3.76. The standard InChI is InChI=1S/C2H6O.CH4O2/c1-2-3;2-1-3/h3H,2H2,1H3;2-3H,1H2. The lowest BCUT2D eigenvalue weighted by atomic mass is 10.9. The molecule has 0 aromatic rings. The van der Waals surface area contributed by atoms with Crippen molar-refractivity contribution in [2.45, 2.75) is 6.92 Å². The highest BCUT2D eigenvalue weighted by molar-refractivity contribution is 3.84. The Morgan fingerprint density at radius 2 is 1.17 bits per heavy atom. The highest BCUT2D eigenvalue weighted by atomic mass is 16.5. The first kappa shape index (κ1) is 9.30. The van der Waals surface area contributed by atoms with Gasteiger partial charge in [0.1, 0.15) is 6.79 Å². The number of hydrogen-bond acceptors (Lipinski definition) is 3. The van der Waals surface area contributed by atoms with E-state index in [1.165, 1.54) is 0 Å². The summed E-state index contributed by atoms with van der Waals surface area (Å²) in [7, 11) is 0. The molecule has 0 atom stereocenters. The molecule has 3 heteroatoms. The van der Waals surface area contributed by atoms with Crippen LogP contribution in [0.3, 0.4) is 0 Å². The van der Waals surface area contributed by atoms with Gasteiger partial charge in [-0.05, 0) is 6.92 Å². The Labute approximate surface area is 36.9 Å². The van der Waals surface area contributed by atoms with Crippen molar-refractivity contribution < 1.29 is 15.3 Å². The van der Waals surface area contributed by atoms with Crippen LogP contribution in [0.15, 0.2) is 0 Å². The molecule has 0 aliphatic carbocycles. The van der Waals surface area contributed by atoms with E-state index >= 15 is 0 Å². The van der Waals surface area contributed by atoms with Crippen molar-refractivity contribution in [1.29, 1.82) is 0 Å². The van der Waals surface area contributed by atoms with Crippen molar-refractivity contribution in [2.24, 2.45) is 0 Å². The first-order chi connectivity index (χ1) is 2.83. The molecule has 0 saturated heterocycles. The van der Waals surface area contributed by atoms with Gasteiger partial charge in [0.15, 0.2) is 0 Å². The summed E-state index contributed by atoms with van der Waals surface area (Å²) in [6.07, 6.45) is 0. The number of rotatable bonds is 0. The van der Waals surface area contributed by atoms with Crippen LogP contribution in [0.4, 0.5) is 0 Å². The Balaban J connectivity index is 0. The maximum atomic E-state index is 7.57. The first-order valence-electron chi connectivity index (χ1n) is 1.66. The molecule has 0 fully saturated rings. The molecule has 0 rings (SSSR count). The van der Waals surface area contributed by atoms with E-state index in [9.17, 15) is 0 Å². The van der Waals surface area contributed by atoms with Gasteiger partial charge in [0.05, 0.1) is 0 Å². The van der Waals surface area contributed by atoms with Crippen molar-refractivity contribution in [3.63, 3.8) is 0 Å². The van der Waals surface area contributed by atoms with E-state index in [2.05, 4.69) is 0 Å². The van der Waals surface area contributed by atoms with Crippen LogP contribution in [0.2, 0.25) is 0 Å². The smallest absolute Gasteiger partial charge is 0.140 e. The van der Waals surface area contributed by atoms with Gasteiger partial charge in [0, 0.05) is 6.61 Å². The average molecular weight is 94.1 g/mol. The topological polar surface area (TPSA) is 60.7 Å². The molecule has 0 amide bonds. The Kier molecular flexibility index (Phi) is 32.2. The van der Waals surface area contributed by atoms with E-state index in [1.54, 1.807) is 6.92 Å². The predicted octanol–water partition coefficient (Wildman–Crippen LogP) is -1.07. The van der Waals surface area contributed by atoms with E-state index in [0.717, 1.165) is 0 Å². The molecule has 0 radical (unpaired) electrons. The summed E-state index contributed by atoms with van der Waals surface area (Å²) < 4.78 is 0. The van der Waals surface area contributed by atoms with E-state index < -0.39 is 6.79 Å². The minimum atomic E-state index is -0.750. The third kappa shape index (κ3) is 2230. The molecule has 0 spiro atoms. The van der Waals surface area contributed by atoms with Crippen LogP contribution in [0, 0.1) is 0 Å². The van der Waals surface area contributed by atoms with Crippen molar-refractivity contribution in [3.05, 3.63) is 0 Å². The van der Waals surface area contributed by atoms with Crippen LogP contribution in [0.5, 0.6) is 0 Å². The van der Waals surface area contributed by atoms with Gasteiger partial charge in [-0.2, -0.15) is 0 Å². The second-order valence-electron chi connectivity index (χ2n) is 0.458. The summed E-state index contributed by atoms with van der Waals surface area (Å²) in [6.45, 7) is 1.18. The molecular formula is C3H10O3. The van der Waals surface area contributed by atoms with Gasteiger partial charge < -0.3 is 15.3 Å². The summed E-state index contributed by atoms with van der Waals surface area (Å²) in [4.78, 5) is 0. The largest absolute Gasteiger partial charge is 0.397 e. The quantitative estimate of drug-likeness (QED) is 0.335. The number of aliphatic hydroxyl groups excluding tert-OH is 2. The number of hydrogen-bond donors (Lipinski definition) is 3. The second-order valence-corrected chi connectivity index (χ2v) is 0.458. The summed E-state index contributed by atoms with van der Waals surface area (Å²) in [5.74, 6) is 0. The average Bonchev–Trinajstić information content (AvgIpc) is 1.39. The third-order valence-corrected chi connectivity index (χ3v) is 0. The zero-order chi connectivity index (χ0) is 5.41. The molecule has 3 nitrogen and oxygen atoms in total. The summed E-state index contributed by atoms with van der Waals surface area (Å²) in [6, 6.07) is 0. The van der Waals surface area contributed by atoms with E-state index in [4.69, 9.17) is 15.3 Å². The van der Waals surface area contributed by atoms with Crippen LogP contribution in [-0.4, -0.2) is 28.7 Å². The first-order valence-corrected chi connectivity index (χ1v) is 1.66. The van der Waals surface area contributed by atoms with Crippen LogP contribution in [0.25, 0.3) is 0 Å². The molecule has 3 N–H and O–H groups in total. The van der Waals surface area contributed by atoms with E-state index in [0.29, 0.717) is 0 Å². The monoisotopic (exact) mass is 94.1 g/mol. The molecule has 0 aromatic heterocycles. The normalized spacial score (nSPS) is 6.00. The summed E-state index contributed by atoms with van der Waals surface area (Å²) in [5.41, 5.74) is 0. The predicted molar refractivity (Wildman–Crippen MR) is 22.1 cm³/mol. The Morgan fingerprint density at radius 1 is 1.17 bits per heavy atom. The lowest BCUT2D eigenvalue weighted by Gasteiger charge is -1.55. The van der Waals surface area contributed by atoms with Gasteiger partial charge >= 0.3 is 0 Å². The minimum Gasteiger partial charge on any atom is -0.397 e. The van der Waals surface area contributed by atoms with Crippen molar-refractivity contribution in [3.8, 4) is 0 Å². The maximum absolute atomic E-state index is 7.57. The van der Waals surface area contributed by atoms with Crippen molar-refractivity contribution in [2.75, 3.05) is 13.4 Å². The van der Waals surface area contributed by atoms with Gasteiger partial charge in [0.2, 0.25) is 0 Å².